The highest BCUT2D eigenvalue weighted by Crippen LogP contribution is 2.29. The third-order valence-corrected chi connectivity index (χ3v) is 7.15. The van der Waals surface area contributed by atoms with Gasteiger partial charge in [-0.05, 0) is 54.7 Å². The van der Waals surface area contributed by atoms with Crippen LogP contribution in [0.5, 0.6) is 0 Å². The molecular weight excluding hydrogens is 494 g/mol. The summed E-state index contributed by atoms with van der Waals surface area (Å²) in [6.45, 7) is 2.21. The number of hydrogen-bond acceptors (Lipinski definition) is 4. The van der Waals surface area contributed by atoms with Crippen molar-refractivity contribution in [2.24, 2.45) is 0 Å². The first-order chi connectivity index (χ1) is 18.2. The first kappa shape index (κ1) is 27.2. The molecule has 2 aliphatic heterocycles. The van der Waals surface area contributed by atoms with Crippen LogP contribution in [0.25, 0.3) is 0 Å². The van der Waals surface area contributed by atoms with Gasteiger partial charge in [-0.1, -0.05) is 31.2 Å². The minimum atomic E-state index is -0.993. The van der Waals surface area contributed by atoms with Crippen LogP contribution in [0.2, 0.25) is 0 Å². The number of benzene rings is 2. The van der Waals surface area contributed by atoms with E-state index in [1.807, 2.05) is 0 Å². The smallest absolute Gasteiger partial charge is 0.247 e. The molecule has 2 unspecified atom stereocenters. The monoisotopic (exact) mass is 526 g/mol. The van der Waals surface area contributed by atoms with Gasteiger partial charge in [0.25, 0.3) is 0 Å². The van der Waals surface area contributed by atoms with Crippen molar-refractivity contribution in [3.8, 4) is 0 Å². The molecule has 202 valence electrons. The van der Waals surface area contributed by atoms with Gasteiger partial charge in [0.05, 0.1) is 6.42 Å². The van der Waals surface area contributed by atoms with Crippen LogP contribution >= 0.6 is 0 Å². The molecule has 4 amide bonds. The lowest BCUT2D eigenvalue weighted by atomic mass is 10.1. The fourth-order valence-corrected chi connectivity index (χ4v) is 5.06. The van der Waals surface area contributed by atoms with Gasteiger partial charge in [-0.25, -0.2) is 8.78 Å². The SMILES string of the molecule is CCC(=O)NC1CN(C(=O)Cc2ccc(F)cc2)CC[C@H]2CCC(C(=O)NCc3ccc(F)cc3)N2C1=O. The van der Waals surface area contributed by atoms with E-state index in [1.54, 1.807) is 41.0 Å². The van der Waals surface area contributed by atoms with Gasteiger partial charge in [0, 0.05) is 32.1 Å². The summed E-state index contributed by atoms with van der Waals surface area (Å²) in [4.78, 5) is 55.4. The zero-order chi connectivity index (χ0) is 27.2. The van der Waals surface area contributed by atoms with Crippen molar-refractivity contribution in [1.82, 2.24) is 20.4 Å². The van der Waals surface area contributed by atoms with E-state index in [0.29, 0.717) is 31.4 Å². The Morgan fingerprint density at radius 2 is 1.55 bits per heavy atom. The number of halogens is 2. The third kappa shape index (κ3) is 6.54. The Morgan fingerprint density at radius 1 is 0.921 bits per heavy atom. The number of hydrogen-bond donors (Lipinski definition) is 2. The van der Waals surface area contributed by atoms with E-state index >= 15 is 0 Å². The van der Waals surface area contributed by atoms with Crippen LogP contribution in [-0.4, -0.2) is 64.6 Å². The molecule has 2 fully saturated rings. The van der Waals surface area contributed by atoms with Gasteiger partial charge in [0.2, 0.25) is 23.6 Å². The molecule has 3 atom stereocenters. The molecule has 2 N–H and O–H groups in total. The fourth-order valence-electron chi connectivity index (χ4n) is 5.06. The second-order valence-electron chi connectivity index (χ2n) is 9.74. The van der Waals surface area contributed by atoms with Gasteiger partial charge in [0.1, 0.15) is 23.7 Å². The van der Waals surface area contributed by atoms with Crippen molar-refractivity contribution in [1.29, 1.82) is 0 Å². The zero-order valence-corrected chi connectivity index (χ0v) is 21.3. The molecule has 0 aliphatic carbocycles. The van der Waals surface area contributed by atoms with E-state index in [0.717, 1.165) is 5.56 Å². The van der Waals surface area contributed by atoms with Crippen LogP contribution < -0.4 is 10.6 Å². The Labute approximate surface area is 220 Å². The molecule has 0 saturated carbocycles. The van der Waals surface area contributed by atoms with Gasteiger partial charge in [0.15, 0.2) is 0 Å². The number of carbonyl (C=O) groups is 4. The summed E-state index contributed by atoms with van der Waals surface area (Å²) in [7, 11) is 0. The predicted molar refractivity (Wildman–Crippen MR) is 135 cm³/mol. The van der Waals surface area contributed by atoms with Crippen LogP contribution in [0.4, 0.5) is 8.78 Å². The maximum Gasteiger partial charge on any atom is 0.247 e. The van der Waals surface area contributed by atoms with Gasteiger partial charge < -0.3 is 20.4 Å². The summed E-state index contributed by atoms with van der Waals surface area (Å²) in [6, 6.07) is 9.54. The molecule has 0 radical (unpaired) electrons. The minimum absolute atomic E-state index is 0.0161. The lowest BCUT2D eigenvalue weighted by molar-refractivity contribution is -0.146. The van der Waals surface area contributed by atoms with E-state index in [2.05, 4.69) is 10.6 Å². The molecule has 0 bridgehead atoms. The molecular formula is C28H32F2N4O4. The highest BCUT2D eigenvalue weighted by molar-refractivity contribution is 5.93. The molecule has 10 heteroatoms. The van der Waals surface area contributed by atoms with Crippen molar-refractivity contribution in [3.63, 3.8) is 0 Å². The zero-order valence-electron chi connectivity index (χ0n) is 21.3. The Hall–Kier alpha value is -3.82. The Bertz CT molecular complexity index is 1170. The maximum absolute atomic E-state index is 13.7. The highest BCUT2D eigenvalue weighted by Gasteiger charge is 2.45. The van der Waals surface area contributed by atoms with E-state index in [-0.39, 0.29) is 55.5 Å². The molecule has 38 heavy (non-hydrogen) atoms. The Kier molecular flexibility index (Phi) is 8.70. The van der Waals surface area contributed by atoms with Crippen molar-refractivity contribution in [2.75, 3.05) is 13.1 Å². The maximum atomic E-state index is 13.7. The summed E-state index contributed by atoms with van der Waals surface area (Å²) in [5, 5.41) is 5.58. The normalized spacial score (nSPS) is 21.3. The quantitative estimate of drug-likeness (QED) is 0.579. The first-order valence-corrected chi connectivity index (χ1v) is 12.9. The predicted octanol–water partition coefficient (Wildman–Crippen LogP) is 2.31. The molecule has 4 rings (SSSR count). The van der Waals surface area contributed by atoms with Crippen molar-refractivity contribution in [2.45, 2.75) is 63.7 Å². The van der Waals surface area contributed by atoms with E-state index in [1.165, 1.54) is 24.3 Å². The molecule has 2 aromatic rings. The molecule has 2 saturated heterocycles. The third-order valence-electron chi connectivity index (χ3n) is 7.15. The summed E-state index contributed by atoms with van der Waals surface area (Å²) in [6.07, 6.45) is 1.76. The molecule has 0 spiro atoms. The number of fused-ring (bicyclic) bond motifs is 1. The molecule has 0 aromatic heterocycles. The summed E-state index contributed by atoms with van der Waals surface area (Å²) in [5.41, 5.74) is 1.39. The first-order valence-electron chi connectivity index (χ1n) is 12.9. The van der Waals surface area contributed by atoms with Crippen LogP contribution in [-0.2, 0) is 32.1 Å². The molecule has 2 heterocycles. The highest BCUT2D eigenvalue weighted by atomic mass is 19.1. The standard InChI is InChI=1S/C28H32F2N4O4/c1-2-25(35)32-23-17-33(26(36)15-18-3-7-20(29)8-4-18)14-13-22-11-12-24(34(22)28(23)38)27(37)31-16-19-5-9-21(30)10-6-19/h3-10,22-24H,2,11-17H2,1H3,(H,31,37)(H,32,35)/t22-,23?,24?/m1/s1. The lowest BCUT2D eigenvalue weighted by Crippen LogP contribution is -2.61. The second kappa shape index (κ2) is 12.1. The van der Waals surface area contributed by atoms with Crippen molar-refractivity contribution in [3.05, 3.63) is 71.3 Å². The van der Waals surface area contributed by atoms with Crippen molar-refractivity contribution < 1.29 is 28.0 Å². The van der Waals surface area contributed by atoms with Crippen LogP contribution in [0.3, 0.4) is 0 Å². The number of nitrogens with one attached hydrogen (secondary N) is 2. The van der Waals surface area contributed by atoms with Gasteiger partial charge in [-0.2, -0.15) is 0 Å². The fraction of sp³-hybridized carbons (Fsp3) is 0.429. The van der Waals surface area contributed by atoms with Gasteiger partial charge in [-0.3, -0.25) is 19.2 Å². The Morgan fingerprint density at radius 3 is 2.18 bits per heavy atom. The van der Waals surface area contributed by atoms with E-state index in [9.17, 15) is 28.0 Å². The summed E-state index contributed by atoms with van der Waals surface area (Å²) < 4.78 is 26.5. The Balaban J connectivity index is 1.48. The van der Waals surface area contributed by atoms with Crippen LogP contribution in [0.15, 0.2) is 48.5 Å². The number of amides is 4. The number of carbonyl (C=O) groups excluding carboxylic acids is 4. The number of rotatable bonds is 7. The average molecular weight is 527 g/mol. The molecule has 2 aromatic carbocycles. The minimum Gasteiger partial charge on any atom is -0.350 e. The number of nitrogens with zero attached hydrogens (tertiary/aromatic N) is 2. The largest absolute Gasteiger partial charge is 0.350 e. The van der Waals surface area contributed by atoms with Gasteiger partial charge in [-0.15, -0.1) is 0 Å². The second-order valence-corrected chi connectivity index (χ2v) is 9.74. The summed E-state index contributed by atoms with van der Waals surface area (Å²) in [5.74, 6) is -2.01. The molecule has 2 aliphatic rings. The van der Waals surface area contributed by atoms with Crippen LogP contribution in [0.1, 0.15) is 43.7 Å². The van der Waals surface area contributed by atoms with E-state index in [4.69, 9.17) is 0 Å². The van der Waals surface area contributed by atoms with Gasteiger partial charge >= 0.3 is 0 Å². The summed E-state index contributed by atoms with van der Waals surface area (Å²) >= 11 is 0. The topological polar surface area (TPSA) is 98.8 Å². The van der Waals surface area contributed by atoms with Crippen molar-refractivity contribution >= 4 is 23.6 Å². The van der Waals surface area contributed by atoms with Crippen LogP contribution in [0, 0.1) is 11.6 Å². The lowest BCUT2D eigenvalue weighted by Gasteiger charge is -2.38. The average Bonchev–Trinajstić information content (AvgIpc) is 3.33. The van der Waals surface area contributed by atoms with E-state index < -0.39 is 23.8 Å². The molecule has 8 nitrogen and oxygen atoms in total.